The molecular formula is C21H14ClF2N5O. The topological polar surface area (TPSA) is 72.7 Å². The second-order valence-electron chi connectivity index (χ2n) is 6.35. The zero-order valence-electron chi connectivity index (χ0n) is 15.4. The number of halogens is 3. The van der Waals surface area contributed by atoms with Gasteiger partial charge in [0.2, 0.25) is 0 Å². The fourth-order valence-corrected chi connectivity index (χ4v) is 3.08. The zero-order chi connectivity index (χ0) is 21.1. The van der Waals surface area contributed by atoms with Gasteiger partial charge < -0.3 is 5.32 Å². The summed E-state index contributed by atoms with van der Waals surface area (Å²) in [4.78, 5) is 16.9. The van der Waals surface area contributed by atoms with Crippen molar-refractivity contribution in [3.05, 3.63) is 94.9 Å². The van der Waals surface area contributed by atoms with Crippen LogP contribution in [0, 0.1) is 11.6 Å². The Hall–Kier alpha value is -3.65. The van der Waals surface area contributed by atoms with E-state index >= 15 is 0 Å². The summed E-state index contributed by atoms with van der Waals surface area (Å²) in [6.07, 6.45) is 3.18. The Bertz CT molecular complexity index is 1200. The minimum atomic E-state index is -0.534. The van der Waals surface area contributed by atoms with Crippen LogP contribution in [0.4, 0.5) is 8.78 Å². The second-order valence-corrected chi connectivity index (χ2v) is 6.75. The van der Waals surface area contributed by atoms with Crippen LogP contribution in [0.25, 0.3) is 16.9 Å². The molecule has 0 atom stereocenters. The summed E-state index contributed by atoms with van der Waals surface area (Å²) in [5, 5.41) is 10.8. The van der Waals surface area contributed by atoms with E-state index in [-0.39, 0.29) is 17.3 Å². The molecule has 2 aromatic carbocycles. The van der Waals surface area contributed by atoms with Crippen LogP contribution >= 0.6 is 11.6 Å². The molecule has 1 N–H and O–H groups in total. The molecule has 6 nitrogen and oxygen atoms in total. The molecule has 0 fully saturated rings. The Morgan fingerprint density at radius 3 is 2.60 bits per heavy atom. The third-order valence-corrected chi connectivity index (χ3v) is 4.62. The number of rotatable bonds is 5. The minimum Gasteiger partial charge on any atom is -0.346 e. The van der Waals surface area contributed by atoms with Crippen molar-refractivity contribution >= 4 is 17.5 Å². The lowest BCUT2D eigenvalue weighted by Gasteiger charge is -2.09. The lowest BCUT2D eigenvalue weighted by atomic mass is 10.1. The van der Waals surface area contributed by atoms with Crippen LogP contribution in [0.15, 0.2) is 67.0 Å². The van der Waals surface area contributed by atoms with Crippen LogP contribution in [0.1, 0.15) is 16.1 Å². The van der Waals surface area contributed by atoms with Gasteiger partial charge in [-0.05, 0) is 54.1 Å². The number of hydrogen-bond acceptors (Lipinski definition) is 4. The summed E-state index contributed by atoms with van der Waals surface area (Å²) in [6.45, 7) is 0.120. The average molecular weight is 426 g/mol. The number of hydrogen-bond donors (Lipinski definition) is 1. The van der Waals surface area contributed by atoms with Crippen LogP contribution < -0.4 is 5.32 Å². The van der Waals surface area contributed by atoms with E-state index in [0.717, 1.165) is 0 Å². The Balaban J connectivity index is 1.67. The van der Waals surface area contributed by atoms with Gasteiger partial charge in [0.15, 0.2) is 5.69 Å². The molecule has 0 aliphatic carbocycles. The molecule has 0 unspecified atom stereocenters. The molecule has 9 heteroatoms. The van der Waals surface area contributed by atoms with Gasteiger partial charge in [-0.25, -0.2) is 13.5 Å². The summed E-state index contributed by atoms with van der Waals surface area (Å²) in [6, 6.07) is 13.3. The minimum absolute atomic E-state index is 0.0277. The van der Waals surface area contributed by atoms with E-state index in [4.69, 9.17) is 11.6 Å². The van der Waals surface area contributed by atoms with Gasteiger partial charge in [0.05, 0.1) is 10.7 Å². The van der Waals surface area contributed by atoms with Crippen molar-refractivity contribution in [2.45, 2.75) is 6.54 Å². The Kier molecular flexibility index (Phi) is 5.49. The molecule has 2 heterocycles. The third-order valence-electron chi connectivity index (χ3n) is 4.33. The monoisotopic (exact) mass is 425 g/mol. The quantitative estimate of drug-likeness (QED) is 0.520. The van der Waals surface area contributed by atoms with E-state index in [1.165, 1.54) is 47.1 Å². The number of carbonyl (C=O) groups is 1. The first kappa shape index (κ1) is 19.7. The van der Waals surface area contributed by atoms with Crippen molar-refractivity contribution in [1.82, 2.24) is 25.3 Å². The number of pyridine rings is 1. The van der Waals surface area contributed by atoms with Gasteiger partial charge in [0.25, 0.3) is 5.91 Å². The van der Waals surface area contributed by atoms with Crippen molar-refractivity contribution < 1.29 is 13.6 Å². The maximum Gasteiger partial charge on any atom is 0.274 e. The molecule has 2 aromatic heterocycles. The van der Waals surface area contributed by atoms with Gasteiger partial charge in [-0.15, -0.1) is 5.10 Å². The number of amides is 1. The highest BCUT2D eigenvalue weighted by Gasteiger charge is 2.22. The van der Waals surface area contributed by atoms with Crippen molar-refractivity contribution in [3.8, 4) is 16.9 Å². The molecule has 30 heavy (non-hydrogen) atoms. The van der Waals surface area contributed by atoms with Gasteiger partial charge in [-0.1, -0.05) is 22.9 Å². The van der Waals surface area contributed by atoms with E-state index in [1.54, 1.807) is 24.5 Å². The number of nitrogens with zero attached hydrogens (tertiary/aromatic N) is 4. The smallest absolute Gasteiger partial charge is 0.274 e. The lowest BCUT2D eigenvalue weighted by molar-refractivity contribution is 0.0946. The highest BCUT2D eigenvalue weighted by molar-refractivity contribution is 6.30. The van der Waals surface area contributed by atoms with E-state index in [9.17, 15) is 13.6 Å². The fraction of sp³-hybridized carbons (Fsp3) is 0.0476. The number of benzene rings is 2. The van der Waals surface area contributed by atoms with Gasteiger partial charge in [-0.3, -0.25) is 9.78 Å². The predicted molar refractivity (Wildman–Crippen MR) is 107 cm³/mol. The van der Waals surface area contributed by atoms with Crippen LogP contribution in [0.3, 0.4) is 0 Å². The van der Waals surface area contributed by atoms with Crippen molar-refractivity contribution in [2.24, 2.45) is 0 Å². The number of carbonyl (C=O) groups excluding carboxylic acids is 1. The zero-order valence-corrected chi connectivity index (χ0v) is 16.1. The summed E-state index contributed by atoms with van der Waals surface area (Å²) >= 11 is 5.79. The molecule has 0 aliphatic heterocycles. The maximum atomic E-state index is 13.3. The van der Waals surface area contributed by atoms with Crippen molar-refractivity contribution in [3.63, 3.8) is 0 Å². The van der Waals surface area contributed by atoms with Gasteiger partial charge in [0.1, 0.15) is 17.3 Å². The molecule has 0 saturated carbocycles. The number of nitrogens with one attached hydrogen (secondary N) is 1. The molecule has 0 aliphatic rings. The molecule has 0 spiro atoms. The van der Waals surface area contributed by atoms with E-state index in [1.807, 2.05) is 0 Å². The van der Waals surface area contributed by atoms with Crippen LogP contribution in [0.2, 0.25) is 5.02 Å². The highest BCUT2D eigenvalue weighted by atomic mass is 35.5. The first-order valence-corrected chi connectivity index (χ1v) is 9.25. The molecule has 4 rings (SSSR count). The van der Waals surface area contributed by atoms with Gasteiger partial charge in [-0.2, -0.15) is 0 Å². The Morgan fingerprint density at radius 2 is 1.90 bits per heavy atom. The summed E-state index contributed by atoms with van der Waals surface area (Å²) in [5.74, 6) is -1.41. The molecule has 4 aromatic rings. The molecule has 0 bridgehead atoms. The van der Waals surface area contributed by atoms with Crippen molar-refractivity contribution in [1.29, 1.82) is 0 Å². The van der Waals surface area contributed by atoms with E-state index < -0.39 is 17.5 Å². The SMILES string of the molecule is O=C(NCc1ccc(F)c(Cl)c1)c1nnn(-c2ccc(F)cc2)c1-c1cccnc1. The van der Waals surface area contributed by atoms with E-state index in [0.29, 0.717) is 22.5 Å². The van der Waals surface area contributed by atoms with E-state index in [2.05, 4.69) is 20.6 Å². The van der Waals surface area contributed by atoms with Gasteiger partial charge >= 0.3 is 0 Å². The van der Waals surface area contributed by atoms with Gasteiger partial charge in [0, 0.05) is 24.5 Å². The molecule has 150 valence electrons. The first-order chi connectivity index (χ1) is 14.5. The number of aromatic nitrogens is 4. The normalized spacial score (nSPS) is 10.8. The standard InChI is InChI=1S/C21H14ClF2N5O/c22-17-10-13(3-8-18(17)24)11-26-21(30)19-20(14-2-1-9-25-12-14)29(28-27-19)16-6-4-15(23)5-7-16/h1-10,12H,11H2,(H,26,30). The Morgan fingerprint density at radius 1 is 1.10 bits per heavy atom. The van der Waals surface area contributed by atoms with Crippen LogP contribution in [-0.4, -0.2) is 25.9 Å². The summed E-state index contributed by atoms with van der Waals surface area (Å²) in [5.41, 5.74) is 2.25. The van der Waals surface area contributed by atoms with Crippen LogP contribution in [0.5, 0.6) is 0 Å². The largest absolute Gasteiger partial charge is 0.346 e. The predicted octanol–water partition coefficient (Wildman–Crippen LogP) is 4.19. The maximum absolute atomic E-state index is 13.3. The summed E-state index contributed by atoms with van der Waals surface area (Å²) in [7, 11) is 0. The molecular weight excluding hydrogens is 412 g/mol. The molecule has 1 amide bonds. The van der Waals surface area contributed by atoms with Crippen LogP contribution in [-0.2, 0) is 6.54 Å². The second kappa shape index (κ2) is 8.38. The summed E-state index contributed by atoms with van der Waals surface area (Å²) < 4.78 is 28.1. The first-order valence-electron chi connectivity index (χ1n) is 8.87. The lowest BCUT2D eigenvalue weighted by Crippen LogP contribution is -2.24. The molecule has 0 radical (unpaired) electrons. The highest BCUT2D eigenvalue weighted by Crippen LogP contribution is 2.25. The van der Waals surface area contributed by atoms with Crippen molar-refractivity contribution in [2.75, 3.05) is 0 Å². The Labute approximate surface area is 175 Å². The fourth-order valence-electron chi connectivity index (χ4n) is 2.88. The third kappa shape index (κ3) is 4.04. The molecule has 0 saturated heterocycles. The average Bonchev–Trinajstić information content (AvgIpc) is 3.21.